The molecule has 2 amide bonds. The maximum absolute atomic E-state index is 13.6. The van der Waals surface area contributed by atoms with E-state index in [0.717, 1.165) is 0 Å². The minimum atomic E-state index is -1.71. The van der Waals surface area contributed by atoms with E-state index in [1.54, 1.807) is 13.8 Å². The summed E-state index contributed by atoms with van der Waals surface area (Å²) in [5.41, 5.74) is 2.99. The van der Waals surface area contributed by atoms with Crippen molar-refractivity contribution in [3.05, 3.63) is 52.1 Å². The molecular weight excluding hydrogens is 369 g/mol. The van der Waals surface area contributed by atoms with Crippen LogP contribution in [-0.4, -0.2) is 45.6 Å². The van der Waals surface area contributed by atoms with Crippen LogP contribution in [0.4, 0.5) is 10.1 Å². The third-order valence-electron chi connectivity index (χ3n) is 4.50. The molecule has 28 heavy (non-hydrogen) atoms. The van der Waals surface area contributed by atoms with E-state index in [2.05, 4.69) is 15.6 Å². The van der Waals surface area contributed by atoms with Crippen LogP contribution in [0.1, 0.15) is 32.9 Å². The number of aliphatic hydroxyl groups is 1. The van der Waals surface area contributed by atoms with Gasteiger partial charge in [-0.1, -0.05) is 0 Å². The quantitative estimate of drug-likeness (QED) is 0.496. The monoisotopic (exact) mass is 387 g/mol. The number of aliphatic carboxylic acids is 1. The smallest absolute Gasteiger partial charge is 0.334 e. The number of aryl methyl sites for hydroxylation is 1. The predicted octanol–water partition coefficient (Wildman–Crippen LogP) is 1.44. The van der Waals surface area contributed by atoms with Crippen LogP contribution in [0.5, 0.6) is 0 Å². The molecule has 1 atom stereocenters. The van der Waals surface area contributed by atoms with E-state index >= 15 is 0 Å². The summed E-state index contributed by atoms with van der Waals surface area (Å²) in [6.45, 7) is 2.88. The van der Waals surface area contributed by atoms with Crippen molar-refractivity contribution in [2.45, 2.75) is 20.0 Å². The molecule has 0 bridgehead atoms. The number of rotatable bonds is 5. The molecule has 2 aromatic rings. The molecule has 2 heterocycles. The van der Waals surface area contributed by atoms with Gasteiger partial charge in [0.15, 0.2) is 6.10 Å². The first-order valence-electron chi connectivity index (χ1n) is 8.40. The number of aromatic nitrogens is 1. The van der Waals surface area contributed by atoms with Crippen LogP contribution in [-0.2, 0) is 9.59 Å². The van der Waals surface area contributed by atoms with Crippen molar-refractivity contribution in [3.8, 4) is 0 Å². The molecule has 0 saturated carbocycles. The second kappa shape index (κ2) is 7.28. The Morgan fingerprint density at radius 3 is 2.71 bits per heavy atom. The lowest BCUT2D eigenvalue weighted by molar-refractivity contribution is -0.146. The molecule has 0 radical (unpaired) electrons. The van der Waals surface area contributed by atoms with Gasteiger partial charge < -0.3 is 25.8 Å². The Balaban J connectivity index is 1.92. The molecule has 8 nitrogen and oxygen atoms in total. The van der Waals surface area contributed by atoms with Crippen molar-refractivity contribution in [1.29, 1.82) is 0 Å². The highest BCUT2D eigenvalue weighted by molar-refractivity contribution is 6.34. The van der Waals surface area contributed by atoms with E-state index in [9.17, 15) is 23.9 Å². The number of hydrogen-bond donors (Lipinski definition) is 5. The lowest BCUT2D eigenvalue weighted by atomic mass is 10.0. The van der Waals surface area contributed by atoms with Crippen molar-refractivity contribution in [3.63, 3.8) is 0 Å². The van der Waals surface area contributed by atoms with Gasteiger partial charge in [-0.2, -0.15) is 0 Å². The number of carboxylic acid groups (broad SMARTS) is 1. The Hall–Kier alpha value is -3.46. The number of anilines is 1. The topological polar surface area (TPSA) is 132 Å². The number of carbonyl (C=O) groups is 3. The average Bonchev–Trinajstić information content (AvgIpc) is 3.08. The Morgan fingerprint density at radius 1 is 1.32 bits per heavy atom. The third kappa shape index (κ3) is 3.52. The Kier molecular flexibility index (Phi) is 5.02. The summed E-state index contributed by atoms with van der Waals surface area (Å²) >= 11 is 0. The zero-order chi connectivity index (χ0) is 20.6. The van der Waals surface area contributed by atoms with Crippen molar-refractivity contribution >= 4 is 35.1 Å². The lowest BCUT2D eigenvalue weighted by Gasteiger charge is -2.08. The first-order chi connectivity index (χ1) is 13.2. The number of amides is 2. The number of carboxylic acids is 1. The largest absolute Gasteiger partial charge is 0.479 e. The van der Waals surface area contributed by atoms with Gasteiger partial charge in [0.25, 0.3) is 11.8 Å². The fourth-order valence-electron chi connectivity index (χ4n) is 3.07. The maximum Gasteiger partial charge on any atom is 0.334 e. The molecule has 0 saturated heterocycles. The molecule has 1 aliphatic rings. The minimum Gasteiger partial charge on any atom is -0.479 e. The number of carbonyl (C=O) groups excluding carboxylic acids is 2. The van der Waals surface area contributed by atoms with E-state index in [0.29, 0.717) is 28.2 Å². The maximum atomic E-state index is 13.6. The summed E-state index contributed by atoms with van der Waals surface area (Å²) in [6, 6.07) is 3.98. The number of aliphatic hydroxyl groups excluding tert-OH is 1. The van der Waals surface area contributed by atoms with Crippen molar-refractivity contribution < 1.29 is 29.0 Å². The van der Waals surface area contributed by atoms with Crippen molar-refractivity contribution in [1.82, 2.24) is 10.3 Å². The lowest BCUT2D eigenvalue weighted by Crippen LogP contribution is -2.36. The molecule has 0 spiro atoms. The van der Waals surface area contributed by atoms with Gasteiger partial charge in [-0.25, -0.2) is 9.18 Å². The third-order valence-corrected chi connectivity index (χ3v) is 4.50. The van der Waals surface area contributed by atoms with Crippen LogP contribution >= 0.6 is 0 Å². The highest BCUT2D eigenvalue weighted by Crippen LogP contribution is 2.34. The van der Waals surface area contributed by atoms with Crippen molar-refractivity contribution in [2.75, 3.05) is 11.9 Å². The van der Waals surface area contributed by atoms with Gasteiger partial charge in [-0.15, -0.1) is 0 Å². The Labute approximate surface area is 159 Å². The number of aromatic amines is 1. The van der Waals surface area contributed by atoms with Gasteiger partial charge in [-0.05, 0) is 43.7 Å². The summed E-state index contributed by atoms with van der Waals surface area (Å²) in [6.07, 6.45) is -0.176. The van der Waals surface area contributed by atoms with Crippen LogP contribution in [0.3, 0.4) is 0 Å². The number of fused-ring (bicyclic) bond motifs is 1. The van der Waals surface area contributed by atoms with Gasteiger partial charge >= 0.3 is 5.97 Å². The average molecular weight is 387 g/mol. The van der Waals surface area contributed by atoms with Gasteiger partial charge in [-0.3, -0.25) is 9.59 Å². The molecule has 146 valence electrons. The van der Waals surface area contributed by atoms with Gasteiger partial charge in [0.1, 0.15) is 5.82 Å². The number of hydrogen-bond acceptors (Lipinski definition) is 4. The van der Waals surface area contributed by atoms with Crippen LogP contribution in [0.15, 0.2) is 18.2 Å². The summed E-state index contributed by atoms with van der Waals surface area (Å²) in [4.78, 5) is 38.3. The van der Waals surface area contributed by atoms with Gasteiger partial charge in [0.2, 0.25) is 0 Å². The SMILES string of the molecule is Cc1[nH]c(/C=C2\C(=O)Nc3ccc(F)cc32)c(C)c1C(=O)NC[C@H](O)C(=O)O. The van der Waals surface area contributed by atoms with E-state index in [1.807, 2.05) is 0 Å². The summed E-state index contributed by atoms with van der Waals surface area (Å²) in [7, 11) is 0. The van der Waals surface area contributed by atoms with E-state index in [4.69, 9.17) is 5.11 Å². The predicted molar refractivity (Wildman–Crippen MR) is 99.1 cm³/mol. The number of halogens is 1. The van der Waals surface area contributed by atoms with Crippen LogP contribution in [0.25, 0.3) is 11.6 Å². The molecule has 5 N–H and O–H groups in total. The van der Waals surface area contributed by atoms with Crippen molar-refractivity contribution in [2.24, 2.45) is 0 Å². The van der Waals surface area contributed by atoms with Gasteiger partial charge in [0.05, 0.1) is 17.7 Å². The molecule has 9 heteroatoms. The normalized spacial score (nSPS) is 15.3. The summed E-state index contributed by atoms with van der Waals surface area (Å²) < 4.78 is 13.6. The van der Waals surface area contributed by atoms with Crippen LogP contribution < -0.4 is 10.6 Å². The minimum absolute atomic E-state index is 0.257. The molecule has 3 rings (SSSR count). The Morgan fingerprint density at radius 2 is 2.04 bits per heavy atom. The summed E-state index contributed by atoms with van der Waals surface area (Å²) in [5.74, 6) is -2.86. The van der Waals surface area contributed by atoms with Crippen LogP contribution in [0, 0.1) is 19.7 Å². The van der Waals surface area contributed by atoms with E-state index < -0.39 is 30.3 Å². The fourth-order valence-corrected chi connectivity index (χ4v) is 3.07. The second-order valence-electron chi connectivity index (χ2n) is 6.43. The fraction of sp³-hybridized carbons (Fsp3) is 0.211. The van der Waals surface area contributed by atoms with Gasteiger partial charge in [0, 0.05) is 22.6 Å². The second-order valence-corrected chi connectivity index (χ2v) is 6.43. The molecule has 0 fully saturated rings. The first kappa shape index (κ1) is 19.3. The Bertz CT molecular complexity index is 1020. The first-order valence-corrected chi connectivity index (χ1v) is 8.40. The highest BCUT2D eigenvalue weighted by Gasteiger charge is 2.26. The zero-order valence-electron chi connectivity index (χ0n) is 15.1. The molecule has 0 aliphatic carbocycles. The van der Waals surface area contributed by atoms with E-state index in [1.165, 1.54) is 24.3 Å². The molecular formula is C19H18FN3O5. The molecule has 1 aromatic carbocycles. The standard InChI is InChI=1S/C19H18FN3O5/c1-8-14(6-12-11-5-10(20)3-4-13(11)23-17(12)25)22-9(2)16(8)18(26)21-7-15(24)19(27)28/h3-6,15,22,24H,7H2,1-2H3,(H,21,26)(H,23,25)(H,27,28)/b12-6-/t15-/m0/s1. The zero-order valence-corrected chi connectivity index (χ0v) is 15.1. The number of benzene rings is 1. The number of H-pyrrole nitrogens is 1. The number of nitrogens with one attached hydrogen (secondary N) is 3. The molecule has 0 unspecified atom stereocenters. The summed E-state index contributed by atoms with van der Waals surface area (Å²) in [5, 5.41) is 23.0. The van der Waals surface area contributed by atoms with Crippen LogP contribution in [0.2, 0.25) is 0 Å². The molecule has 1 aliphatic heterocycles. The highest BCUT2D eigenvalue weighted by atomic mass is 19.1. The molecule has 1 aromatic heterocycles. The van der Waals surface area contributed by atoms with E-state index in [-0.39, 0.29) is 17.0 Å².